The van der Waals surface area contributed by atoms with Gasteiger partial charge >= 0.3 is 6.03 Å². The van der Waals surface area contributed by atoms with Crippen LogP contribution in [0.5, 0.6) is 0 Å². The molecular formula is C19H20N4O4. The van der Waals surface area contributed by atoms with Crippen molar-refractivity contribution in [3.63, 3.8) is 0 Å². The minimum Gasteiger partial charge on any atom is -0.354 e. The summed E-state index contributed by atoms with van der Waals surface area (Å²) in [6.45, 7) is 6.50. The molecular weight excluding hydrogens is 348 g/mol. The number of benzene rings is 1. The molecule has 4 amide bonds. The van der Waals surface area contributed by atoms with Gasteiger partial charge in [0.1, 0.15) is 11.2 Å². The van der Waals surface area contributed by atoms with Crippen LogP contribution in [0.25, 0.3) is 0 Å². The maximum atomic E-state index is 12.6. The third kappa shape index (κ3) is 3.10. The van der Waals surface area contributed by atoms with E-state index in [0.29, 0.717) is 33.8 Å². The summed E-state index contributed by atoms with van der Waals surface area (Å²) >= 11 is 0. The number of amides is 4. The molecule has 3 rings (SSSR count). The predicted octanol–water partition coefficient (Wildman–Crippen LogP) is 2.14. The van der Waals surface area contributed by atoms with Crippen molar-refractivity contribution >= 4 is 29.3 Å². The highest BCUT2D eigenvalue weighted by Crippen LogP contribution is 2.27. The van der Waals surface area contributed by atoms with Crippen molar-refractivity contribution in [2.45, 2.75) is 33.2 Å². The molecule has 0 aliphatic carbocycles. The molecule has 1 aliphatic rings. The number of aromatic amines is 1. The Morgan fingerprint density at radius 3 is 2.41 bits per heavy atom. The van der Waals surface area contributed by atoms with Gasteiger partial charge in [-0.1, -0.05) is 12.1 Å². The van der Waals surface area contributed by atoms with E-state index in [4.69, 9.17) is 0 Å². The van der Waals surface area contributed by atoms with E-state index in [1.165, 1.54) is 6.92 Å². The SMILES string of the molecule is CC(=O)c1c(C)[nH]c(C(=O)Nc2cccc([C@]3(C)NC(=O)NC3=O)c2)c1C. The number of imide groups is 1. The molecule has 0 saturated carbocycles. The van der Waals surface area contributed by atoms with E-state index in [-0.39, 0.29) is 5.78 Å². The normalized spacial score (nSPS) is 18.8. The van der Waals surface area contributed by atoms with Gasteiger partial charge in [-0.15, -0.1) is 0 Å². The van der Waals surface area contributed by atoms with Crippen LogP contribution in [-0.2, 0) is 10.3 Å². The smallest absolute Gasteiger partial charge is 0.322 e. The first-order valence-corrected chi connectivity index (χ1v) is 8.39. The number of H-pyrrole nitrogens is 1. The molecule has 0 bridgehead atoms. The Kier molecular flexibility index (Phi) is 4.35. The van der Waals surface area contributed by atoms with Crippen molar-refractivity contribution in [1.82, 2.24) is 15.6 Å². The van der Waals surface area contributed by atoms with Crippen LogP contribution in [-0.4, -0.2) is 28.6 Å². The van der Waals surface area contributed by atoms with Gasteiger partial charge < -0.3 is 15.6 Å². The summed E-state index contributed by atoms with van der Waals surface area (Å²) in [6.07, 6.45) is 0. The van der Waals surface area contributed by atoms with E-state index in [1.54, 1.807) is 45.0 Å². The quantitative estimate of drug-likeness (QED) is 0.488. The summed E-state index contributed by atoms with van der Waals surface area (Å²) in [7, 11) is 0. The fraction of sp³-hybridized carbons (Fsp3) is 0.263. The van der Waals surface area contributed by atoms with E-state index in [1.807, 2.05) is 0 Å². The maximum absolute atomic E-state index is 12.6. The number of carbonyl (C=O) groups is 4. The molecule has 0 radical (unpaired) electrons. The molecule has 0 spiro atoms. The van der Waals surface area contributed by atoms with Crippen LogP contribution in [0.4, 0.5) is 10.5 Å². The second-order valence-corrected chi connectivity index (χ2v) is 6.75. The second-order valence-electron chi connectivity index (χ2n) is 6.75. The highest BCUT2D eigenvalue weighted by atomic mass is 16.2. The molecule has 2 heterocycles. The maximum Gasteiger partial charge on any atom is 0.322 e. The van der Waals surface area contributed by atoms with Gasteiger partial charge in [0.25, 0.3) is 11.8 Å². The number of ketones is 1. The molecule has 4 N–H and O–H groups in total. The van der Waals surface area contributed by atoms with Gasteiger partial charge in [0.2, 0.25) is 0 Å². The highest BCUT2D eigenvalue weighted by Gasteiger charge is 2.43. The molecule has 1 aliphatic heterocycles. The Morgan fingerprint density at radius 2 is 1.85 bits per heavy atom. The zero-order chi connectivity index (χ0) is 19.9. The van der Waals surface area contributed by atoms with E-state index < -0.39 is 23.4 Å². The minimum absolute atomic E-state index is 0.113. The van der Waals surface area contributed by atoms with Gasteiger partial charge in [-0.25, -0.2) is 4.79 Å². The topological polar surface area (TPSA) is 120 Å². The van der Waals surface area contributed by atoms with E-state index in [2.05, 4.69) is 20.9 Å². The largest absolute Gasteiger partial charge is 0.354 e. The first kappa shape index (κ1) is 18.4. The molecule has 1 atom stereocenters. The van der Waals surface area contributed by atoms with Crippen LogP contribution in [0.15, 0.2) is 24.3 Å². The fourth-order valence-corrected chi connectivity index (χ4v) is 3.35. The Balaban J connectivity index is 1.88. The van der Waals surface area contributed by atoms with E-state index in [0.717, 1.165) is 0 Å². The molecule has 27 heavy (non-hydrogen) atoms. The predicted molar refractivity (Wildman–Crippen MR) is 98.7 cm³/mol. The van der Waals surface area contributed by atoms with Crippen molar-refractivity contribution in [2.75, 3.05) is 5.32 Å². The first-order valence-electron chi connectivity index (χ1n) is 8.39. The number of urea groups is 1. The van der Waals surface area contributed by atoms with Gasteiger partial charge in [-0.3, -0.25) is 19.7 Å². The average molecular weight is 368 g/mol. The van der Waals surface area contributed by atoms with Crippen molar-refractivity contribution in [2.24, 2.45) is 0 Å². The molecule has 1 aromatic heterocycles. The number of hydrogen-bond donors (Lipinski definition) is 4. The lowest BCUT2D eigenvalue weighted by atomic mass is 9.92. The summed E-state index contributed by atoms with van der Waals surface area (Å²) in [6, 6.07) is 6.11. The number of aryl methyl sites for hydroxylation is 1. The Bertz CT molecular complexity index is 992. The Hall–Kier alpha value is -3.42. The Labute approximate surface area is 155 Å². The highest BCUT2D eigenvalue weighted by molar-refractivity contribution is 6.09. The minimum atomic E-state index is -1.21. The van der Waals surface area contributed by atoms with Crippen molar-refractivity contribution < 1.29 is 19.2 Å². The van der Waals surface area contributed by atoms with Crippen LogP contribution < -0.4 is 16.0 Å². The van der Waals surface area contributed by atoms with Gasteiger partial charge in [0.15, 0.2) is 5.78 Å². The molecule has 8 nitrogen and oxygen atoms in total. The zero-order valence-electron chi connectivity index (χ0n) is 15.4. The van der Waals surface area contributed by atoms with Gasteiger partial charge in [-0.05, 0) is 51.0 Å². The molecule has 1 saturated heterocycles. The van der Waals surface area contributed by atoms with Crippen LogP contribution in [0.2, 0.25) is 0 Å². The van der Waals surface area contributed by atoms with Crippen molar-refractivity contribution in [3.05, 3.63) is 52.3 Å². The Morgan fingerprint density at radius 1 is 1.15 bits per heavy atom. The fourth-order valence-electron chi connectivity index (χ4n) is 3.35. The van der Waals surface area contributed by atoms with Gasteiger partial charge in [0.05, 0.1) is 0 Å². The lowest BCUT2D eigenvalue weighted by molar-refractivity contribution is -0.123. The number of nitrogens with one attached hydrogen (secondary N) is 4. The zero-order valence-corrected chi connectivity index (χ0v) is 15.4. The number of rotatable bonds is 4. The van der Waals surface area contributed by atoms with E-state index in [9.17, 15) is 19.2 Å². The van der Waals surface area contributed by atoms with Crippen LogP contribution in [0, 0.1) is 13.8 Å². The lowest BCUT2D eigenvalue weighted by Gasteiger charge is -2.21. The number of Topliss-reactive ketones (excluding diaryl/α,β-unsaturated/α-hetero) is 1. The standard InChI is InChI=1S/C19H20N4O4/c1-9-14(11(3)24)10(2)20-15(9)16(25)21-13-7-5-6-12(8-13)19(4)17(26)22-18(27)23-19/h5-8,20H,1-4H3,(H,21,25)(H2,22,23,26,27)/t19-/m0/s1. The number of carbonyl (C=O) groups excluding carboxylic acids is 4. The summed E-state index contributed by atoms with van der Waals surface area (Å²) in [5.74, 6) is -0.971. The van der Waals surface area contributed by atoms with Crippen molar-refractivity contribution in [1.29, 1.82) is 0 Å². The summed E-state index contributed by atoms with van der Waals surface area (Å²) in [5, 5.41) is 7.55. The monoisotopic (exact) mass is 368 g/mol. The van der Waals surface area contributed by atoms with E-state index >= 15 is 0 Å². The van der Waals surface area contributed by atoms with Crippen LogP contribution >= 0.6 is 0 Å². The molecule has 1 aromatic carbocycles. The molecule has 140 valence electrons. The molecule has 8 heteroatoms. The van der Waals surface area contributed by atoms with Gasteiger partial charge in [0, 0.05) is 16.9 Å². The third-order valence-electron chi connectivity index (χ3n) is 4.76. The molecule has 1 fully saturated rings. The molecule has 2 aromatic rings. The van der Waals surface area contributed by atoms with Crippen molar-refractivity contribution in [3.8, 4) is 0 Å². The molecule has 0 unspecified atom stereocenters. The number of aromatic nitrogens is 1. The number of hydrogen-bond acceptors (Lipinski definition) is 4. The average Bonchev–Trinajstić information content (AvgIpc) is 3.03. The first-order chi connectivity index (χ1) is 12.6. The summed E-state index contributed by atoms with van der Waals surface area (Å²) < 4.78 is 0. The third-order valence-corrected chi connectivity index (χ3v) is 4.76. The van der Waals surface area contributed by atoms with Crippen LogP contribution in [0.3, 0.4) is 0 Å². The van der Waals surface area contributed by atoms with Crippen LogP contribution in [0.1, 0.15) is 51.5 Å². The summed E-state index contributed by atoms with van der Waals surface area (Å²) in [5.41, 5.74) is 1.82. The lowest BCUT2D eigenvalue weighted by Crippen LogP contribution is -2.40. The van der Waals surface area contributed by atoms with Gasteiger partial charge in [-0.2, -0.15) is 0 Å². The summed E-state index contributed by atoms with van der Waals surface area (Å²) in [4.78, 5) is 50.9. The second kappa shape index (κ2) is 6.39. The number of anilines is 1.